The molecular formula is C12H13NaOS. The number of ether oxygens (including phenoxy) is 1. The summed E-state index contributed by atoms with van der Waals surface area (Å²) in [5.74, 6) is 0. The minimum Gasteiger partial charge on any atom is -1.00 e. The fraction of sp³-hybridized carbons (Fsp3) is 0.167. The van der Waals surface area contributed by atoms with Gasteiger partial charge in [0.1, 0.15) is 0 Å². The van der Waals surface area contributed by atoms with E-state index < -0.39 is 0 Å². The molecule has 0 aliphatic rings. The van der Waals surface area contributed by atoms with Crippen molar-refractivity contribution in [2.24, 2.45) is 0 Å². The van der Waals surface area contributed by atoms with Crippen LogP contribution >= 0.6 is 11.3 Å². The number of hydrogen-bond acceptors (Lipinski definition) is 2. The van der Waals surface area contributed by atoms with E-state index in [9.17, 15) is 0 Å². The Hall–Kier alpha value is -0.120. The van der Waals surface area contributed by atoms with Crippen LogP contribution in [0.3, 0.4) is 0 Å². The summed E-state index contributed by atoms with van der Waals surface area (Å²) in [6.07, 6.45) is 0. The second-order valence-corrected chi connectivity index (χ2v) is 4.09. The fourth-order valence-electron chi connectivity index (χ4n) is 1.24. The molecule has 0 bridgehead atoms. The molecule has 0 N–H and O–H groups in total. The van der Waals surface area contributed by atoms with Gasteiger partial charge in [-0.1, -0.05) is 36.4 Å². The van der Waals surface area contributed by atoms with Gasteiger partial charge in [-0.2, -0.15) is 0 Å². The van der Waals surface area contributed by atoms with E-state index in [4.69, 9.17) is 4.74 Å². The van der Waals surface area contributed by atoms with E-state index >= 15 is 0 Å². The maximum atomic E-state index is 5.57. The third-order valence-corrected chi connectivity index (χ3v) is 2.79. The Kier molecular flexibility index (Phi) is 6.22. The molecule has 2 aromatic rings. The molecule has 0 unspecified atom stereocenters. The molecule has 0 aliphatic heterocycles. The Labute approximate surface area is 118 Å². The minimum absolute atomic E-state index is 0. The van der Waals surface area contributed by atoms with Crippen LogP contribution in [-0.2, 0) is 18.0 Å². The third-order valence-electron chi connectivity index (χ3n) is 1.94. The van der Waals surface area contributed by atoms with E-state index in [1.54, 1.807) is 11.3 Å². The standard InChI is InChI=1S/C12H12OS.Na.H/c1-2-5-11(6-3-1)9-13-10-12-7-4-8-14-12;;/h1-8H,9-10H2;;/q;+1;-1. The summed E-state index contributed by atoms with van der Waals surface area (Å²) in [4.78, 5) is 1.28. The summed E-state index contributed by atoms with van der Waals surface area (Å²) in [7, 11) is 0. The number of benzene rings is 1. The molecule has 0 amide bonds. The van der Waals surface area contributed by atoms with Gasteiger partial charge in [-0.05, 0) is 17.0 Å². The molecule has 1 aromatic carbocycles. The van der Waals surface area contributed by atoms with Gasteiger partial charge in [0.05, 0.1) is 13.2 Å². The molecule has 1 aromatic heterocycles. The van der Waals surface area contributed by atoms with Gasteiger partial charge in [-0.3, -0.25) is 0 Å². The molecule has 0 saturated carbocycles. The molecule has 74 valence electrons. The normalized spacial score (nSPS) is 9.60. The van der Waals surface area contributed by atoms with E-state index in [2.05, 4.69) is 23.6 Å². The van der Waals surface area contributed by atoms with Gasteiger partial charge in [0.2, 0.25) is 0 Å². The van der Waals surface area contributed by atoms with Crippen molar-refractivity contribution in [3.63, 3.8) is 0 Å². The first-order valence-electron chi connectivity index (χ1n) is 4.59. The van der Waals surface area contributed by atoms with Crippen molar-refractivity contribution < 1.29 is 35.7 Å². The fourth-order valence-corrected chi connectivity index (χ4v) is 1.88. The Balaban J connectivity index is 0.00000112. The summed E-state index contributed by atoms with van der Waals surface area (Å²) in [5.41, 5.74) is 1.23. The first kappa shape index (κ1) is 12.9. The van der Waals surface area contributed by atoms with Crippen molar-refractivity contribution in [2.45, 2.75) is 13.2 Å². The summed E-state index contributed by atoms with van der Waals surface area (Å²) in [6, 6.07) is 14.4. The average molecular weight is 228 g/mol. The van der Waals surface area contributed by atoms with E-state index in [1.165, 1.54) is 10.4 Å². The second kappa shape index (κ2) is 7.20. The van der Waals surface area contributed by atoms with Gasteiger partial charge in [0.25, 0.3) is 0 Å². The quantitative estimate of drug-likeness (QED) is 0.696. The van der Waals surface area contributed by atoms with Crippen LogP contribution in [0.5, 0.6) is 0 Å². The van der Waals surface area contributed by atoms with Crippen molar-refractivity contribution in [1.82, 2.24) is 0 Å². The van der Waals surface area contributed by atoms with Crippen molar-refractivity contribution >= 4 is 11.3 Å². The largest absolute Gasteiger partial charge is 1.00 e. The Morgan fingerprint density at radius 3 is 2.47 bits per heavy atom. The predicted molar refractivity (Wildman–Crippen MR) is 60.4 cm³/mol. The first-order valence-corrected chi connectivity index (χ1v) is 5.47. The maximum Gasteiger partial charge on any atom is 1.00 e. The summed E-state index contributed by atoms with van der Waals surface area (Å²) < 4.78 is 5.57. The van der Waals surface area contributed by atoms with Gasteiger partial charge in [0, 0.05) is 4.88 Å². The van der Waals surface area contributed by atoms with Crippen molar-refractivity contribution in [3.8, 4) is 0 Å². The van der Waals surface area contributed by atoms with Crippen molar-refractivity contribution in [1.29, 1.82) is 0 Å². The first-order chi connectivity index (χ1) is 6.95. The molecule has 15 heavy (non-hydrogen) atoms. The summed E-state index contributed by atoms with van der Waals surface area (Å²) >= 11 is 1.73. The van der Waals surface area contributed by atoms with E-state index in [1.807, 2.05) is 24.3 Å². The molecule has 0 atom stereocenters. The minimum atomic E-state index is 0. The second-order valence-electron chi connectivity index (χ2n) is 3.06. The van der Waals surface area contributed by atoms with E-state index in [0.29, 0.717) is 13.2 Å². The molecule has 1 heterocycles. The third kappa shape index (κ3) is 4.49. The molecule has 3 heteroatoms. The van der Waals surface area contributed by atoms with Crippen LogP contribution in [0.1, 0.15) is 11.9 Å². The zero-order valence-corrected chi connectivity index (χ0v) is 11.7. The zero-order chi connectivity index (χ0) is 9.64. The van der Waals surface area contributed by atoms with Crippen LogP contribution in [0.15, 0.2) is 47.8 Å². The summed E-state index contributed by atoms with van der Waals surface area (Å²) in [5, 5.41) is 2.07. The Bertz CT molecular complexity index is 364. The molecule has 0 saturated heterocycles. The smallest absolute Gasteiger partial charge is 1.00 e. The van der Waals surface area contributed by atoms with E-state index in [-0.39, 0.29) is 31.0 Å². The maximum absolute atomic E-state index is 5.57. The zero-order valence-electron chi connectivity index (χ0n) is 9.85. The predicted octanol–water partition coefficient (Wildman–Crippen LogP) is 0.581. The molecular weight excluding hydrogens is 215 g/mol. The van der Waals surface area contributed by atoms with Crippen LogP contribution in [0.4, 0.5) is 0 Å². The van der Waals surface area contributed by atoms with Crippen LogP contribution in [0.25, 0.3) is 0 Å². The number of thiophene rings is 1. The van der Waals surface area contributed by atoms with Crippen molar-refractivity contribution in [3.05, 3.63) is 58.3 Å². The summed E-state index contributed by atoms with van der Waals surface area (Å²) in [6.45, 7) is 1.41. The van der Waals surface area contributed by atoms with Gasteiger partial charge in [-0.25, -0.2) is 0 Å². The molecule has 2 rings (SSSR count). The van der Waals surface area contributed by atoms with Crippen LogP contribution in [0.2, 0.25) is 0 Å². The molecule has 0 fully saturated rings. The number of rotatable bonds is 4. The topological polar surface area (TPSA) is 9.23 Å². The van der Waals surface area contributed by atoms with Crippen LogP contribution in [0, 0.1) is 0 Å². The SMILES string of the molecule is [H-].[Na+].c1ccc(COCc2cccs2)cc1. The van der Waals surface area contributed by atoms with Crippen molar-refractivity contribution in [2.75, 3.05) is 0 Å². The molecule has 0 spiro atoms. The molecule has 0 aliphatic carbocycles. The monoisotopic (exact) mass is 228 g/mol. The van der Waals surface area contributed by atoms with Crippen LogP contribution in [-0.4, -0.2) is 0 Å². The number of hydrogen-bond donors (Lipinski definition) is 0. The Morgan fingerprint density at radius 1 is 1.00 bits per heavy atom. The molecule has 1 nitrogen and oxygen atoms in total. The van der Waals surface area contributed by atoms with Gasteiger partial charge in [-0.15, -0.1) is 11.3 Å². The van der Waals surface area contributed by atoms with Crippen LogP contribution < -0.4 is 29.6 Å². The molecule has 0 radical (unpaired) electrons. The Morgan fingerprint density at radius 2 is 1.80 bits per heavy atom. The average Bonchev–Trinajstić information content (AvgIpc) is 2.72. The van der Waals surface area contributed by atoms with Gasteiger partial charge in [0.15, 0.2) is 0 Å². The van der Waals surface area contributed by atoms with Gasteiger partial charge >= 0.3 is 29.6 Å². The van der Waals surface area contributed by atoms with Gasteiger partial charge < -0.3 is 6.16 Å². The van der Waals surface area contributed by atoms with E-state index in [0.717, 1.165) is 0 Å².